The third kappa shape index (κ3) is 7.06. The lowest BCUT2D eigenvalue weighted by Gasteiger charge is -2.29. The molecule has 0 aliphatic heterocycles. The SMILES string of the molecule is CS(=O)CCC1(C(=O)N[C@@H](Cc2ccc(NC(=O)c3c(Cl)cccc3Cl)cc2)C(=O)O)CCCC1. The number of aliphatic carboxylic acids is 1. The molecular formula is C25H28Cl2N2O5S. The summed E-state index contributed by atoms with van der Waals surface area (Å²) in [6.45, 7) is 0. The number of carbonyl (C=O) groups excluding carboxylic acids is 2. The molecule has 1 unspecified atom stereocenters. The molecule has 0 bridgehead atoms. The van der Waals surface area contributed by atoms with Gasteiger partial charge in [0, 0.05) is 34.9 Å². The molecule has 0 saturated heterocycles. The van der Waals surface area contributed by atoms with Gasteiger partial charge in [-0.25, -0.2) is 4.79 Å². The van der Waals surface area contributed by atoms with Crippen molar-refractivity contribution in [2.24, 2.45) is 5.41 Å². The predicted molar refractivity (Wildman–Crippen MR) is 139 cm³/mol. The Morgan fingerprint density at radius 1 is 1.06 bits per heavy atom. The van der Waals surface area contributed by atoms with E-state index in [0.29, 0.717) is 36.3 Å². The molecule has 188 valence electrons. The van der Waals surface area contributed by atoms with Gasteiger partial charge >= 0.3 is 5.97 Å². The quantitative estimate of drug-likeness (QED) is 0.406. The van der Waals surface area contributed by atoms with Crippen LogP contribution in [-0.4, -0.2) is 45.1 Å². The van der Waals surface area contributed by atoms with Gasteiger partial charge in [0.25, 0.3) is 5.91 Å². The van der Waals surface area contributed by atoms with Crippen LogP contribution in [0.4, 0.5) is 5.69 Å². The summed E-state index contributed by atoms with van der Waals surface area (Å²) in [4.78, 5) is 37.6. The molecule has 0 aromatic heterocycles. The summed E-state index contributed by atoms with van der Waals surface area (Å²) in [5, 5.41) is 15.6. The molecule has 0 heterocycles. The third-order valence-electron chi connectivity index (χ3n) is 6.36. The summed E-state index contributed by atoms with van der Waals surface area (Å²) in [5.41, 5.74) is 0.680. The fourth-order valence-corrected chi connectivity index (χ4v) is 5.61. The maximum Gasteiger partial charge on any atom is 0.326 e. The van der Waals surface area contributed by atoms with Gasteiger partial charge in [-0.15, -0.1) is 0 Å². The van der Waals surface area contributed by atoms with Crippen LogP contribution in [0, 0.1) is 5.41 Å². The first kappa shape index (κ1) is 27.2. The molecule has 2 atom stereocenters. The molecule has 1 saturated carbocycles. The van der Waals surface area contributed by atoms with E-state index in [4.69, 9.17) is 23.2 Å². The van der Waals surface area contributed by atoms with E-state index in [2.05, 4.69) is 10.6 Å². The minimum Gasteiger partial charge on any atom is -0.480 e. The molecule has 10 heteroatoms. The van der Waals surface area contributed by atoms with Gasteiger partial charge in [0.05, 0.1) is 21.0 Å². The van der Waals surface area contributed by atoms with E-state index in [1.165, 1.54) is 0 Å². The summed E-state index contributed by atoms with van der Waals surface area (Å²) >= 11 is 12.2. The first-order valence-corrected chi connectivity index (χ1v) is 13.8. The number of carboxylic acids is 1. The lowest BCUT2D eigenvalue weighted by molar-refractivity contribution is -0.144. The molecule has 35 heavy (non-hydrogen) atoms. The van der Waals surface area contributed by atoms with Crippen molar-refractivity contribution >= 4 is 57.5 Å². The molecule has 0 radical (unpaired) electrons. The highest BCUT2D eigenvalue weighted by Crippen LogP contribution is 2.41. The molecule has 7 nitrogen and oxygen atoms in total. The van der Waals surface area contributed by atoms with Crippen LogP contribution in [0.25, 0.3) is 0 Å². The highest BCUT2D eigenvalue weighted by atomic mass is 35.5. The molecule has 3 rings (SSSR count). The number of rotatable bonds is 10. The van der Waals surface area contributed by atoms with Crippen LogP contribution in [0.2, 0.25) is 10.0 Å². The van der Waals surface area contributed by atoms with Crippen LogP contribution < -0.4 is 10.6 Å². The Morgan fingerprint density at radius 3 is 2.20 bits per heavy atom. The Kier molecular flexibility index (Phi) is 9.33. The number of halogens is 2. The highest BCUT2D eigenvalue weighted by Gasteiger charge is 2.42. The zero-order valence-electron chi connectivity index (χ0n) is 19.3. The maximum atomic E-state index is 13.1. The van der Waals surface area contributed by atoms with Crippen LogP contribution in [0.5, 0.6) is 0 Å². The molecule has 2 aromatic carbocycles. The lowest BCUT2D eigenvalue weighted by Crippen LogP contribution is -2.49. The fraction of sp³-hybridized carbons (Fsp3) is 0.400. The number of hydrogen-bond donors (Lipinski definition) is 3. The Morgan fingerprint density at radius 2 is 1.66 bits per heavy atom. The lowest BCUT2D eigenvalue weighted by atomic mass is 9.82. The Bertz CT molecular complexity index is 1100. The van der Waals surface area contributed by atoms with Gasteiger partial charge in [0.2, 0.25) is 5.91 Å². The first-order valence-electron chi connectivity index (χ1n) is 11.3. The van der Waals surface area contributed by atoms with Gasteiger partial charge in [0.1, 0.15) is 6.04 Å². The normalized spacial score (nSPS) is 16.3. The molecule has 2 amide bonds. The monoisotopic (exact) mass is 538 g/mol. The maximum absolute atomic E-state index is 13.1. The number of carbonyl (C=O) groups is 3. The minimum atomic E-state index is -1.13. The number of hydrogen-bond acceptors (Lipinski definition) is 4. The standard InChI is InChI=1S/C25H28Cl2N2O5S/c1-35(34)14-13-25(11-2-3-12-25)24(33)29-20(23(31)32)15-16-7-9-17(10-8-16)28-22(30)21-18(26)5-4-6-19(21)27/h4-10,20H,2-3,11-15H2,1H3,(H,28,30)(H,29,33)(H,31,32)/t20-,35?/m0/s1. The Labute approximate surface area is 217 Å². The zero-order chi connectivity index (χ0) is 25.6. The molecule has 2 aromatic rings. The van der Waals surface area contributed by atoms with Crippen molar-refractivity contribution < 1.29 is 23.7 Å². The van der Waals surface area contributed by atoms with Crippen molar-refractivity contribution in [3.63, 3.8) is 0 Å². The highest BCUT2D eigenvalue weighted by molar-refractivity contribution is 7.84. The second-order valence-electron chi connectivity index (χ2n) is 8.83. The van der Waals surface area contributed by atoms with E-state index >= 15 is 0 Å². The van der Waals surface area contributed by atoms with E-state index in [1.807, 2.05) is 0 Å². The molecule has 0 spiro atoms. The zero-order valence-corrected chi connectivity index (χ0v) is 21.6. The van der Waals surface area contributed by atoms with E-state index in [0.717, 1.165) is 12.8 Å². The van der Waals surface area contributed by atoms with Crippen LogP contribution in [0.3, 0.4) is 0 Å². The van der Waals surface area contributed by atoms with Crippen molar-refractivity contribution in [3.05, 3.63) is 63.6 Å². The van der Waals surface area contributed by atoms with Crippen molar-refractivity contribution in [3.8, 4) is 0 Å². The number of amides is 2. The summed E-state index contributed by atoms with van der Waals surface area (Å²) < 4.78 is 11.6. The van der Waals surface area contributed by atoms with E-state index < -0.39 is 34.1 Å². The van der Waals surface area contributed by atoms with Gasteiger partial charge in [-0.2, -0.15) is 0 Å². The number of anilines is 1. The largest absolute Gasteiger partial charge is 0.480 e. The number of nitrogens with one attached hydrogen (secondary N) is 2. The average Bonchev–Trinajstić information content (AvgIpc) is 3.28. The summed E-state index contributed by atoms with van der Waals surface area (Å²) in [5.74, 6) is -1.46. The van der Waals surface area contributed by atoms with Crippen LogP contribution in [-0.2, 0) is 26.8 Å². The number of carboxylic acid groups (broad SMARTS) is 1. The second-order valence-corrected chi connectivity index (χ2v) is 11.2. The van der Waals surface area contributed by atoms with Gasteiger partial charge < -0.3 is 15.7 Å². The van der Waals surface area contributed by atoms with Gasteiger partial charge in [-0.3, -0.25) is 13.8 Å². The molecule has 1 fully saturated rings. The van der Waals surface area contributed by atoms with Crippen molar-refractivity contribution in [1.82, 2.24) is 5.32 Å². The van der Waals surface area contributed by atoms with Gasteiger partial charge in [0.15, 0.2) is 0 Å². The molecular weight excluding hydrogens is 511 g/mol. The molecule has 1 aliphatic carbocycles. The van der Waals surface area contributed by atoms with Crippen LogP contribution in [0.1, 0.15) is 48.0 Å². The molecule has 3 N–H and O–H groups in total. The van der Waals surface area contributed by atoms with E-state index in [1.54, 1.807) is 48.7 Å². The molecule has 1 aliphatic rings. The van der Waals surface area contributed by atoms with E-state index in [9.17, 15) is 23.7 Å². The Balaban J connectivity index is 1.66. The average molecular weight is 539 g/mol. The van der Waals surface area contributed by atoms with Crippen LogP contribution >= 0.6 is 23.2 Å². The first-order chi connectivity index (χ1) is 16.6. The topological polar surface area (TPSA) is 113 Å². The smallest absolute Gasteiger partial charge is 0.326 e. The fourth-order valence-electron chi connectivity index (χ4n) is 4.36. The van der Waals surface area contributed by atoms with Gasteiger partial charge in [-0.05, 0) is 49.1 Å². The van der Waals surface area contributed by atoms with Gasteiger partial charge in [-0.1, -0.05) is 54.2 Å². The van der Waals surface area contributed by atoms with Crippen molar-refractivity contribution in [2.75, 3.05) is 17.3 Å². The van der Waals surface area contributed by atoms with E-state index in [-0.39, 0.29) is 27.9 Å². The van der Waals surface area contributed by atoms with Crippen molar-refractivity contribution in [2.45, 2.75) is 44.6 Å². The minimum absolute atomic E-state index is 0.0848. The summed E-state index contributed by atoms with van der Waals surface area (Å²) in [6, 6.07) is 10.4. The second kappa shape index (κ2) is 12.0. The predicted octanol–water partition coefficient (Wildman–Crippen LogP) is 4.69. The Hall–Kier alpha value is -2.42. The number of benzene rings is 2. The summed E-state index contributed by atoms with van der Waals surface area (Å²) in [7, 11) is -1.02. The third-order valence-corrected chi connectivity index (χ3v) is 7.76. The van der Waals surface area contributed by atoms with Crippen LogP contribution in [0.15, 0.2) is 42.5 Å². The summed E-state index contributed by atoms with van der Waals surface area (Å²) in [6.07, 6.45) is 5.32. The van der Waals surface area contributed by atoms with Crippen molar-refractivity contribution in [1.29, 1.82) is 0 Å².